The summed E-state index contributed by atoms with van der Waals surface area (Å²) in [5.41, 5.74) is 24.1. The molecule has 3 aromatic carbocycles. The van der Waals surface area contributed by atoms with E-state index in [4.69, 9.17) is 21.7 Å². The van der Waals surface area contributed by atoms with Gasteiger partial charge in [0.15, 0.2) is 0 Å². The van der Waals surface area contributed by atoms with E-state index in [1.807, 2.05) is 42.5 Å². The Kier molecular flexibility index (Phi) is 18.4. The molecule has 0 aliphatic rings. The molecule has 0 saturated carbocycles. The number of amides is 7. The maximum atomic E-state index is 14.7. The van der Waals surface area contributed by atoms with Crippen LogP contribution in [-0.4, -0.2) is 122 Å². The first-order chi connectivity index (χ1) is 33.6. The van der Waals surface area contributed by atoms with Crippen molar-refractivity contribution >= 4 is 65.0 Å². The first-order valence-electron chi connectivity index (χ1n) is 22.7. The number of nitrogens with one attached hydrogen (secondary N) is 8. The zero-order valence-corrected chi connectivity index (χ0v) is 39.5. The van der Waals surface area contributed by atoms with Crippen LogP contribution in [0.5, 0.6) is 0 Å². The van der Waals surface area contributed by atoms with Crippen LogP contribution in [0.2, 0.25) is 0 Å². The maximum absolute atomic E-state index is 14.7. The number of nitrogens with two attached hydrogens (primary N) is 3. The number of urea groups is 1. The fraction of sp³-hybridized carbons (Fsp3) is 0.340. The summed E-state index contributed by atoms with van der Waals surface area (Å²) >= 11 is 0. The molecule has 22 nitrogen and oxygen atoms in total. The van der Waals surface area contributed by atoms with Crippen molar-refractivity contribution in [1.82, 2.24) is 51.6 Å². The quantitative estimate of drug-likeness (QED) is 0.0219. The number of para-hydroxylation sites is 2. The summed E-state index contributed by atoms with van der Waals surface area (Å²) in [6.45, 7) is -0.252. The number of hydrazine groups is 1. The van der Waals surface area contributed by atoms with Gasteiger partial charge in [0, 0.05) is 78.9 Å². The molecule has 0 fully saturated rings. The Hall–Kier alpha value is -7.36. The molecule has 6 rings (SSSR count). The van der Waals surface area contributed by atoms with Crippen molar-refractivity contribution in [1.29, 1.82) is 0 Å². The molecule has 6 aromatic rings. The van der Waals surface area contributed by atoms with Crippen LogP contribution < -0.4 is 43.9 Å². The average Bonchev–Trinajstić information content (AvgIpc) is 4.13. The summed E-state index contributed by atoms with van der Waals surface area (Å²) in [6, 6.07) is 15.9. The number of benzene rings is 3. The first-order valence-corrected chi connectivity index (χ1v) is 24.4. The van der Waals surface area contributed by atoms with E-state index in [1.54, 1.807) is 48.8 Å². The molecule has 7 amide bonds. The van der Waals surface area contributed by atoms with E-state index in [0.29, 0.717) is 46.8 Å². The molecule has 3 aromatic heterocycles. The van der Waals surface area contributed by atoms with Gasteiger partial charge < -0.3 is 62.8 Å². The number of imidazole rings is 1. The minimum atomic E-state index is -4.33. The van der Waals surface area contributed by atoms with Crippen LogP contribution in [0.3, 0.4) is 0 Å². The Bertz CT molecular complexity index is 2770. The Labute approximate surface area is 403 Å². The molecule has 3 heterocycles. The van der Waals surface area contributed by atoms with Crippen LogP contribution >= 0.6 is 7.60 Å². The summed E-state index contributed by atoms with van der Waals surface area (Å²) in [4.78, 5) is 107. The maximum Gasteiger partial charge on any atom is 0.336 e. The molecule has 0 spiro atoms. The smallest absolute Gasteiger partial charge is 0.336 e. The number of aromatic amines is 3. The summed E-state index contributed by atoms with van der Waals surface area (Å²) in [5.74, 6) is -3.94. The van der Waals surface area contributed by atoms with E-state index in [0.717, 1.165) is 28.9 Å². The first kappa shape index (κ1) is 52.0. The zero-order chi connectivity index (χ0) is 50.2. The SMILES string of the molecule is COP(=O)(O)CCN(NC(=O)[C@@H](Cc1c[nH]c2ccccc12)NC(=O)[C@@H](N)Cc1cnc[nH]1)C(=O)N[C@@H](Cc1c[nH]c2ccccc12)C(=O)N[C@H](Cc1ccccc1)C(=O)N[C@@H](CCCCN)C(N)=O. The van der Waals surface area contributed by atoms with Gasteiger partial charge in [0.1, 0.15) is 24.2 Å². The van der Waals surface area contributed by atoms with Crippen molar-refractivity contribution in [2.75, 3.05) is 26.4 Å². The number of primary amides is 1. The fourth-order valence-corrected chi connectivity index (χ4v) is 8.45. The second-order valence-corrected chi connectivity index (χ2v) is 18.8. The fourth-order valence-electron chi connectivity index (χ4n) is 7.81. The zero-order valence-electron chi connectivity index (χ0n) is 38.6. The van der Waals surface area contributed by atoms with E-state index >= 15 is 0 Å². The van der Waals surface area contributed by atoms with Crippen LogP contribution in [-0.2, 0) is 58.7 Å². The normalized spacial score (nSPS) is 14.3. The van der Waals surface area contributed by atoms with Gasteiger partial charge in [-0.1, -0.05) is 66.7 Å². The van der Waals surface area contributed by atoms with Gasteiger partial charge in [-0.2, -0.15) is 0 Å². The monoisotopic (exact) mass is 981 g/mol. The molecule has 0 bridgehead atoms. The summed E-state index contributed by atoms with van der Waals surface area (Å²) in [5, 5.41) is 13.0. The lowest BCUT2D eigenvalue weighted by Crippen LogP contribution is -2.62. The van der Waals surface area contributed by atoms with Crippen molar-refractivity contribution in [3.05, 3.63) is 126 Å². The van der Waals surface area contributed by atoms with Crippen molar-refractivity contribution in [2.45, 2.75) is 75.2 Å². The number of carbonyl (C=O) groups is 6. The second-order valence-electron chi connectivity index (χ2n) is 16.7. The van der Waals surface area contributed by atoms with Gasteiger partial charge in [0.05, 0.1) is 25.1 Å². The van der Waals surface area contributed by atoms with Crippen LogP contribution in [0.1, 0.15) is 41.6 Å². The summed E-state index contributed by atoms with van der Waals surface area (Å²) < 4.78 is 17.6. The Morgan fingerprint density at radius 2 is 1.27 bits per heavy atom. The summed E-state index contributed by atoms with van der Waals surface area (Å²) in [7, 11) is -3.32. The van der Waals surface area contributed by atoms with Crippen LogP contribution in [0.25, 0.3) is 21.8 Å². The van der Waals surface area contributed by atoms with E-state index in [9.17, 15) is 38.2 Å². The summed E-state index contributed by atoms with van der Waals surface area (Å²) in [6.07, 6.45) is 6.69. The van der Waals surface area contributed by atoms with E-state index in [1.165, 1.54) is 12.5 Å². The predicted octanol–water partition coefficient (Wildman–Crippen LogP) is 1.28. The molecule has 0 saturated heterocycles. The topological polar surface area (TPSA) is 351 Å². The van der Waals surface area contributed by atoms with Gasteiger partial charge in [0.2, 0.25) is 23.6 Å². The number of fused-ring (bicyclic) bond motifs is 2. The standard InChI is InChI=1S/C47H60N13O9P/c1-69-70(67,68)20-19-60(59-46(65)41(23-31-26-53-37-16-8-6-14-34(31)37)56-43(62)35(49)24-32-27-51-28-54-32)47(66)58-40(22-30-25-52-36-15-7-5-13-33(30)36)45(64)57-39(21-29-11-3-2-4-12-29)44(63)55-38(42(50)61)17-9-10-18-48/h2-8,11-16,25-28,35,38-41,52-53H,9-10,17-24,48-49H2,1H3,(H2,50,61)(H,51,54)(H,55,63)(H,56,62)(H,57,64)(H,58,66)(H,59,65)(H,67,68)/t35-,38-,39+,40-,41+/m0/s1. The molecule has 6 atom stereocenters. The molecule has 1 unspecified atom stereocenters. The van der Waals surface area contributed by atoms with Crippen LogP contribution in [0.4, 0.5) is 4.79 Å². The Balaban J connectivity index is 1.31. The number of hydrogen-bond acceptors (Lipinski definition) is 11. The highest BCUT2D eigenvalue weighted by Crippen LogP contribution is 2.40. The van der Waals surface area contributed by atoms with E-state index in [2.05, 4.69) is 46.6 Å². The Morgan fingerprint density at radius 1 is 0.714 bits per heavy atom. The van der Waals surface area contributed by atoms with Crippen LogP contribution in [0.15, 0.2) is 104 Å². The van der Waals surface area contributed by atoms with Gasteiger partial charge in [-0.25, -0.2) is 14.8 Å². The van der Waals surface area contributed by atoms with E-state index in [-0.39, 0.29) is 32.1 Å². The number of H-pyrrole nitrogens is 3. The lowest BCUT2D eigenvalue weighted by molar-refractivity contribution is -0.132. The minimum Gasteiger partial charge on any atom is -0.368 e. The number of aromatic nitrogens is 4. The van der Waals surface area contributed by atoms with Crippen LogP contribution in [0, 0.1) is 0 Å². The number of hydrogen-bond donors (Lipinski definition) is 12. The highest BCUT2D eigenvalue weighted by molar-refractivity contribution is 7.52. The average molecular weight is 982 g/mol. The molecular formula is C47H60N13O9P. The molecular weight excluding hydrogens is 922 g/mol. The Morgan fingerprint density at radius 3 is 1.84 bits per heavy atom. The van der Waals surface area contributed by atoms with Crippen molar-refractivity contribution in [3.63, 3.8) is 0 Å². The predicted molar refractivity (Wildman–Crippen MR) is 261 cm³/mol. The minimum absolute atomic E-state index is 0.0273. The van der Waals surface area contributed by atoms with Gasteiger partial charge in [-0.15, -0.1) is 0 Å². The van der Waals surface area contributed by atoms with Gasteiger partial charge in [-0.3, -0.25) is 34.0 Å². The molecule has 372 valence electrons. The molecule has 15 N–H and O–H groups in total. The third kappa shape index (κ3) is 14.6. The van der Waals surface area contributed by atoms with Gasteiger partial charge in [0.25, 0.3) is 5.91 Å². The van der Waals surface area contributed by atoms with Gasteiger partial charge >= 0.3 is 13.6 Å². The molecule has 0 aliphatic heterocycles. The van der Waals surface area contributed by atoms with Crippen molar-refractivity contribution in [3.8, 4) is 0 Å². The third-order valence-electron chi connectivity index (χ3n) is 11.7. The second kappa shape index (κ2) is 24.8. The number of unbranched alkanes of at least 4 members (excludes halogenated alkanes) is 1. The highest BCUT2D eigenvalue weighted by Gasteiger charge is 2.34. The third-order valence-corrected chi connectivity index (χ3v) is 13.0. The van der Waals surface area contributed by atoms with Crippen molar-refractivity contribution in [2.24, 2.45) is 17.2 Å². The largest absolute Gasteiger partial charge is 0.368 e. The number of rotatable bonds is 25. The van der Waals surface area contributed by atoms with Gasteiger partial charge in [-0.05, 0) is 54.6 Å². The van der Waals surface area contributed by atoms with E-state index < -0.39 is 86.1 Å². The molecule has 0 radical (unpaired) electrons. The van der Waals surface area contributed by atoms with Crippen molar-refractivity contribution < 1.29 is 42.7 Å². The molecule has 23 heteroatoms. The lowest BCUT2D eigenvalue weighted by Gasteiger charge is -2.30. The lowest BCUT2D eigenvalue weighted by atomic mass is 10.0. The number of carbonyl (C=O) groups excluding carboxylic acids is 6. The molecule has 70 heavy (non-hydrogen) atoms. The highest BCUT2D eigenvalue weighted by atomic mass is 31.2. The number of nitrogens with zero attached hydrogens (tertiary/aromatic N) is 2. The molecule has 0 aliphatic carbocycles.